The number of carboxylic acids is 2. The van der Waals surface area contributed by atoms with Crippen molar-refractivity contribution in [3.63, 3.8) is 0 Å². The number of phenols is 1. The summed E-state index contributed by atoms with van der Waals surface area (Å²) in [6, 6.07) is 11.5. The van der Waals surface area contributed by atoms with E-state index in [0.717, 1.165) is 5.56 Å². The molecule has 33 heavy (non-hydrogen) atoms. The van der Waals surface area contributed by atoms with Gasteiger partial charge in [-0.3, -0.25) is 14.4 Å². The summed E-state index contributed by atoms with van der Waals surface area (Å²) in [5.41, 5.74) is 7.44. The Morgan fingerprint density at radius 1 is 0.788 bits per heavy atom. The Morgan fingerprint density at radius 3 is 1.94 bits per heavy atom. The van der Waals surface area contributed by atoms with Crippen LogP contribution in [0.15, 0.2) is 54.6 Å². The monoisotopic (exact) mass is 457 g/mol. The maximum atomic E-state index is 12.9. The number of aromatic hydroxyl groups is 1. The lowest BCUT2D eigenvalue weighted by molar-refractivity contribution is -0.143. The minimum atomic E-state index is -1.44. The number of carbonyl (C=O) groups is 4. The summed E-state index contributed by atoms with van der Waals surface area (Å²) < 4.78 is 0. The largest absolute Gasteiger partial charge is 0.508 e. The fraction of sp³-hybridized carbons (Fsp3) is 0.304. The van der Waals surface area contributed by atoms with Crippen molar-refractivity contribution in [2.24, 2.45) is 5.73 Å². The number of nitrogens with one attached hydrogen (secondary N) is 2. The maximum absolute atomic E-state index is 12.9. The summed E-state index contributed by atoms with van der Waals surface area (Å²) in [5, 5.41) is 32.5. The number of benzene rings is 2. The fourth-order valence-electron chi connectivity index (χ4n) is 3.11. The molecular formula is C23H27N3O7. The van der Waals surface area contributed by atoms with Crippen molar-refractivity contribution in [3.05, 3.63) is 65.7 Å². The average molecular weight is 457 g/mol. The molecule has 2 amide bonds. The first kappa shape index (κ1) is 25.3. The zero-order valence-corrected chi connectivity index (χ0v) is 17.8. The van der Waals surface area contributed by atoms with E-state index in [9.17, 15) is 29.4 Å². The van der Waals surface area contributed by atoms with Crippen LogP contribution >= 0.6 is 0 Å². The van der Waals surface area contributed by atoms with E-state index in [-0.39, 0.29) is 25.0 Å². The highest BCUT2D eigenvalue weighted by atomic mass is 16.4. The van der Waals surface area contributed by atoms with Crippen molar-refractivity contribution in [2.45, 2.75) is 43.8 Å². The van der Waals surface area contributed by atoms with Crippen molar-refractivity contribution >= 4 is 23.8 Å². The van der Waals surface area contributed by atoms with Crippen LogP contribution in [0.3, 0.4) is 0 Å². The lowest BCUT2D eigenvalue weighted by Gasteiger charge is -2.23. The summed E-state index contributed by atoms with van der Waals surface area (Å²) in [5.74, 6) is -3.96. The average Bonchev–Trinajstić information content (AvgIpc) is 2.77. The highest BCUT2D eigenvalue weighted by Crippen LogP contribution is 2.12. The van der Waals surface area contributed by atoms with Gasteiger partial charge in [0.05, 0.1) is 6.04 Å². The third-order valence-electron chi connectivity index (χ3n) is 4.91. The van der Waals surface area contributed by atoms with Gasteiger partial charge in [-0.05, 0) is 36.1 Å². The molecule has 0 aliphatic heterocycles. The van der Waals surface area contributed by atoms with Crippen molar-refractivity contribution in [3.8, 4) is 5.75 Å². The molecule has 2 rings (SSSR count). The van der Waals surface area contributed by atoms with E-state index in [0.29, 0.717) is 5.56 Å². The van der Waals surface area contributed by atoms with Gasteiger partial charge in [0.2, 0.25) is 11.8 Å². The summed E-state index contributed by atoms with van der Waals surface area (Å²) in [7, 11) is 0. The Kier molecular flexibility index (Phi) is 9.37. The second kappa shape index (κ2) is 12.2. The molecule has 3 atom stereocenters. The Balaban J connectivity index is 2.14. The number of carbonyl (C=O) groups excluding carboxylic acids is 2. The van der Waals surface area contributed by atoms with Gasteiger partial charge in [-0.1, -0.05) is 42.5 Å². The maximum Gasteiger partial charge on any atom is 0.326 e. The Bertz CT molecular complexity index is 964. The minimum absolute atomic E-state index is 0.00117. The lowest BCUT2D eigenvalue weighted by Crippen LogP contribution is -2.55. The number of carboxylic acid groups (broad SMARTS) is 2. The van der Waals surface area contributed by atoms with Crippen molar-refractivity contribution < 1.29 is 34.5 Å². The molecule has 2 aromatic carbocycles. The molecule has 0 heterocycles. The van der Waals surface area contributed by atoms with E-state index < -0.39 is 48.3 Å². The first-order valence-electron chi connectivity index (χ1n) is 10.3. The first-order chi connectivity index (χ1) is 15.7. The molecule has 0 unspecified atom stereocenters. The van der Waals surface area contributed by atoms with Crippen LogP contribution in [0, 0.1) is 0 Å². The van der Waals surface area contributed by atoms with Gasteiger partial charge in [-0.25, -0.2) is 4.79 Å². The Labute approximate surface area is 190 Å². The highest BCUT2D eigenvalue weighted by molar-refractivity contribution is 5.92. The third-order valence-corrected chi connectivity index (χ3v) is 4.91. The minimum Gasteiger partial charge on any atom is -0.508 e. The highest BCUT2D eigenvalue weighted by Gasteiger charge is 2.28. The molecule has 0 saturated carbocycles. The van der Waals surface area contributed by atoms with Crippen molar-refractivity contribution in [2.75, 3.05) is 0 Å². The van der Waals surface area contributed by atoms with Gasteiger partial charge >= 0.3 is 11.9 Å². The van der Waals surface area contributed by atoms with Gasteiger partial charge in [0.15, 0.2) is 0 Å². The zero-order valence-electron chi connectivity index (χ0n) is 17.8. The van der Waals surface area contributed by atoms with E-state index in [2.05, 4.69) is 10.6 Å². The number of aliphatic carboxylic acids is 2. The Morgan fingerprint density at radius 2 is 1.36 bits per heavy atom. The number of phenolic OH excluding ortho intramolecular Hbond substituents is 1. The molecule has 10 heteroatoms. The molecule has 2 aromatic rings. The van der Waals surface area contributed by atoms with Crippen LogP contribution in [-0.2, 0) is 32.0 Å². The zero-order chi connectivity index (χ0) is 24.4. The second-order valence-corrected chi connectivity index (χ2v) is 7.56. The third kappa shape index (κ3) is 8.62. The van der Waals surface area contributed by atoms with Crippen LogP contribution < -0.4 is 16.4 Å². The quantitative estimate of drug-likeness (QED) is 0.265. The van der Waals surface area contributed by atoms with E-state index in [4.69, 9.17) is 10.8 Å². The van der Waals surface area contributed by atoms with Crippen LogP contribution in [0.1, 0.15) is 24.0 Å². The van der Waals surface area contributed by atoms with E-state index in [1.807, 2.05) is 30.3 Å². The lowest BCUT2D eigenvalue weighted by atomic mass is 10.0. The van der Waals surface area contributed by atoms with Crippen molar-refractivity contribution in [1.82, 2.24) is 10.6 Å². The predicted molar refractivity (Wildman–Crippen MR) is 118 cm³/mol. The molecule has 0 aromatic heterocycles. The van der Waals surface area contributed by atoms with E-state index in [1.165, 1.54) is 12.1 Å². The van der Waals surface area contributed by atoms with E-state index >= 15 is 0 Å². The molecule has 10 nitrogen and oxygen atoms in total. The summed E-state index contributed by atoms with van der Waals surface area (Å²) in [6.45, 7) is 0. The fourth-order valence-corrected chi connectivity index (χ4v) is 3.11. The molecule has 0 spiro atoms. The molecule has 0 aliphatic rings. The summed E-state index contributed by atoms with van der Waals surface area (Å²) in [4.78, 5) is 47.8. The van der Waals surface area contributed by atoms with Gasteiger partial charge in [-0.2, -0.15) is 0 Å². The van der Waals surface area contributed by atoms with Crippen LogP contribution in [0.2, 0.25) is 0 Å². The number of rotatable bonds is 12. The van der Waals surface area contributed by atoms with Crippen LogP contribution in [0.4, 0.5) is 0 Å². The molecule has 0 bridgehead atoms. The van der Waals surface area contributed by atoms with Gasteiger partial charge in [0.1, 0.15) is 17.8 Å². The van der Waals surface area contributed by atoms with Crippen LogP contribution in [0.5, 0.6) is 5.75 Å². The molecule has 176 valence electrons. The number of hydrogen-bond acceptors (Lipinski definition) is 6. The van der Waals surface area contributed by atoms with Gasteiger partial charge in [-0.15, -0.1) is 0 Å². The molecule has 7 N–H and O–H groups in total. The smallest absolute Gasteiger partial charge is 0.326 e. The van der Waals surface area contributed by atoms with Gasteiger partial charge in [0, 0.05) is 12.8 Å². The predicted octanol–water partition coefficient (Wildman–Crippen LogP) is 0.424. The van der Waals surface area contributed by atoms with E-state index in [1.54, 1.807) is 12.1 Å². The molecular weight excluding hydrogens is 430 g/mol. The molecule has 0 fully saturated rings. The van der Waals surface area contributed by atoms with Crippen LogP contribution in [-0.4, -0.2) is 57.2 Å². The Hall–Kier alpha value is -3.92. The number of hydrogen-bond donors (Lipinski definition) is 6. The number of amides is 2. The topological polar surface area (TPSA) is 179 Å². The van der Waals surface area contributed by atoms with Gasteiger partial charge < -0.3 is 31.7 Å². The summed E-state index contributed by atoms with van der Waals surface area (Å²) in [6.07, 6.45) is -0.532. The standard InChI is InChI=1S/C23H27N3O7/c24-17(12-14-4-2-1-3-5-14)21(30)26-19(13-15-6-8-16(27)9-7-15)22(31)25-18(23(32)33)10-11-20(28)29/h1-9,17-19,27H,10-13,24H2,(H,25,31)(H,26,30)(H,28,29)(H,32,33)/t17-,18-,19-/m0/s1. The molecule has 0 radical (unpaired) electrons. The molecule has 0 saturated heterocycles. The first-order valence-corrected chi connectivity index (χ1v) is 10.3. The second-order valence-electron chi connectivity index (χ2n) is 7.56. The summed E-state index contributed by atoms with van der Waals surface area (Å²) >= 11 is 0. The SMILES string of the molecule is N[C@@H](Cc1ccccc1)C(=O)N[C@@H](Cc1ccc(O)cc1)C(=O)N[C@@H](CCC(=O)O)C(=O)O. The number of nitrogens with two attached hydrogens (primary N) is 1. The molecule has 0 aliphatic carbocycles. The van der Waals surface area contributed by atoms with Gasteiger partial charge in [0.25, 0.3) is 0 Å². The van der Waals surface area contributed by atoms with Crippen molar-refractivity contribution in [1.29, 1.82) is 0 Å². The van der Waals surface area contributed by atoms with Crippen LogP contribution in [0.25, 0.3) is 0 Å². The normalized spacial score (nSPS) is 13.4.